The predicted octanol–water partition coefficient (Wildman–Crippen LogP) is 5.24. The minimum absolute atomic E-state index is 0.456. The summed E-state index contributed by atoms with van der Waals surface area (Å²) in [6.07, 6.45) is 11.1. The van der Waals surface area contributed by atoms with E-state index in [1.165, 1.54) is 61.9 Å². The Morgan fingerprint density at radius 2 is 1.74 bits per heavy atom. The van der Waals surface area contributed by atoms with Crippen molar-refractivity contribution in [2.24, 2.45) is 0 Å². The second-order valence-corrected chi connectivity index (χ2v) is 6.34. The van der Waals surface area contributed by atoms with Gasteiger partial charge >= 0.3 is 0 Å². The second-order valence-electron chi connectivity index (χ2n) is 5.45. The molecule has 1 aromatic heterocycles. The van der Waals surface area contributed by atoms with Crippen molar-refractivity contribution in [3.8, 4) is 0 Å². The molecule has 0 saturated heterocycles. The zero-order valence-corrected chi connectivity index (χ0v) is 13.7. The zero-order chi connectivity index (χ0) is 13.9. The van der Waals surface area contributed by atoms with Crippen LogP contribution in [0.5, 0.6) is 0 Å². The van der Waals surface area contributed by atoms with Gasteiger partial charge in [0.15, 0.2) is 0 Å². The summed E-state index contributed by atoms with van der Waals surface area (Å²) in [7, 11) is 0. The molecule has 0 saturated carbocycles. The monoisotopic (exact) mass is 282 g/mol. The lowest BCUT2D eigenvalue weighted by Gasteiger charge is -2.12. The molecule has 0 aliphatic carbocycles. The van der Waals surface area contributed by atoms with E-state index in [0.717, 1.165) is 6.54 Å². The first kappa shape index (κ1) is 16.6. The Labute approximate surface area is 123 Å². The van der Waals surface area contributed by atoms with Crippen LogP contribution in [0.2, 0.25) is 0 Å². The molecule has 1 rings (SSSR count). The van der Waals surface area contributed by atoms with E-state index >= 15 is 0 Å². The van der Waals surface area contributed by atoms with Crippen LogP contribution in [0.4, 0.5) is 0 Å². The summed E-state index contributed by atoms with van der Waals surface area (Å²) >= 11 is 1.76. The number of aromatic nitrogens is 1. The van der Waals surface area contributed by atoms with Crippen LogP contribution in [0, 0.1) is 6.92 Å². The molecule has 0 aromatic carbocycles. The molecule has 0 radical (unpaired) electrons. The predicted molar refractivity (Wildman–Crippen MR) is 85.9 cm³/mol. The minimum Gasteiger partial charge on any atom is -0.309 e. The van der Waals surface area contributed by atoms with Crippen LogP contribution in [-0.4, -0.2) is 11.5 Å². The molecule has 0 aliphatic heterocycles. The molecule has 2 nitrogen and oxygen atoms in total. The van der Waals surface area contributed by atoms with Gasteiger partial charge < -0.3 is 5.32 Å². The summed E-state index contributed by atoms with van der Waals surface area (Å²) in [6.45, 7) is 7.75. The average molecular weight is 282 g/mol. The lowest BCUT2D eigenvalue weighted by molar-refractivity contribution is 0.524. The quantitative estimate of drug-likeness (QED) is 0.561. The third kappa shape index (κ3) is 7.07. The fourth-order valence-electron chi connectivity index (χ4n) is 2.40. The molecule has 1 atom stereocenters. The highest BCUT2D eigenvalue weighted by Crippen LogP contribution is 2.20. The molecule has 0 aliphatic rings. The maximum Gasteiger partial charge on any atom is 0.0798 e. The molecular weight excluding hydrogens is 252 g/mol. The van der Waals surface area contributed by atoms with Crippen molar-refractivity contribution in [1.29, 1.82) is 0 Å². The molecule has 1 unspecified atom stereocenters. The number of rotatable bonds is 11. The maximum absolute atomic E-state index is 4.31. The fourth-order valence-corrected chi connectivity index (χ4v) is 3.23. The number of nitrogens with zero attached hydrogens (tertiary/aromatic N) is 1. The highest BCUT2D eigenvalue weighted by Gasteiger charge is 2.09. The van der Waals surface area contributed by atoms with Gasteiger partial charge in [-0.15, -0.1) is 11.3 Å². The molecule has 1 N–H and O–H groups in total. The van der Waals surface area contributed by atoms with E-state index in [1.807, 2.05) is 5.51 Å². The lowest BCUT2D eigenvalue weighted by atomic mass is 10.1. The van der Waals surface area contributed by atoms with Crippen molar-refractivity contribution in [2.45, 2.75) is 78.2 Å². The average Bonchev–Trinajstić information content (AvgIpc) is 2.83. The Kier molecular flexibility index (Phi) is 9.10. The summed E-state index contributed by atoms with van der Waals surface area (Å²) in [4.78, 5) is 5.70. The van der Waals surface area contributed by atoms with Gasteiger partial charge in [0.1, 0.15) is 0 Å². The van der Waals surface area contributed by atoms with Crippen LogP contribution in [0.25, 0.3) is 0 Å². The molecule has 1 aromatic rings. The molecule has 19 heavy (non-hydrogen) atoms. The number of thiazole rings is 1. The van der Waals surface area contributed by atoms with Gasteiger partial charge in [0.2, 0.25) is 0 Å². The SMILES string of the molecule is CCCCCCCCCCNC(C)c1scnc1C. The molecular formula is C16H30N2S. The summed E-state index contributed by atoms with van der Waals surface area (Å²) in [6, 6.07) is 0.456. The minimum atomic E-state index is 0.456. The van der Waals surface area contributed by atoms with Crippen LogP contribution in [0.1, 0.15) is 81.8 Å². The summed E-state index contributed by atoms with van der Waals surface area (Å²) in [5, 5.41) is 3.61. The number of nitrogens with one attached hydrogen (secondary N) is 1. The van der Waals surface area contributed by atoms with E-state index in [4.69, 9.17) is 0 Å². The van der Waals surface area contributed by atoms with Gasteiger partial charge in [-0.05, 0) is 26.8 Å². The molecule has 0 fully saturated rings. The first-order chi connectivity index (χ1) is 9.25. The highest BCUT2D eigenvalue weighted by molar-refractivity contribution is 7.09. The van der Waals surface area contributed by atoms with Gasteiger partial charge in [0.25, 0.3) is 0 Å². The summed E-state index contributed by atoms with van der Waals surface area (Å²) in [5.74, 6) is 0. The second kappa shape index (κ2) is 10.4. The van der Waals surface area contributed by atoms with Crippen molar-refractivity contribution in [3.63, 3.8) is 0 Å². The van der Waals surface area contributed by atoms with Crippen molar-refractivity contribution in [1.82, 2.24) is 10.3 Å². The third-order valence-corrected chi connectivity index (χ3v) is 4.77. The van der Waals surface area contributed by atoms with E-state index in [0.29, 0.717) is 6.04 Å². The topological polar surface area (TPSA) is 24.9 Å². The van der Waals surface area contributed by atoms with Gasteiger partial charge in [0.05, 0.1) is 11.2 Å². The van der Waals surface area contributed by atoms with Crippen LogP contribution in [-0.2, 0) is 0 Å². The number of aryl methyl sites for hydroxylation is 1. The van der Waals surface area contributed by atoms with Gasteiger partial charge in [0, 0.05) is 10.9 Å². The highest BCUT2D eigenvalue weighted by atomic mass is 32.1. The van der Waals surface area contributed by atoms with Crippen molar-refractivity contribution in [2.75, 3.05) is 6.54 Å². The maximum atomic E-state index is 4.31. The Morgan fingerprint density at radius 1 is 1.11 bits per heavy atom. The smallest absolute Gasteiger partial charge is 0.0798 e. The lowest BCUT2D eigenvalue weighted by Crippen LogP contribution is -2.19. The van der Waals surface area contributed by atoms with Crippen molar-refractivity contribution in [3.05, 3.63) is 16.1 Å². The number of unbranched alkanes of at least 4 members (excludes halogenated alkanes) is 7. The van der Waals surface area contributed by atoms with E-state index < -0.39 is 0 Å². The first-order valence-corrected chi connectivity index (χ1v) is 8.77. The van der Waals surface area contributed by atoms with Crippen LogP contribution in [0.3, 0.4) is 0 Å². The van der Waals surface area contributed by atoms with Gasteiger partial charge in [-0.2, -0.15) is 0 Å². The van der Waals surface area contributed by atoms with Crippen LogP contribution >= 0.6 is 11.3 Å². The van der Waals surface area contributed by atoms with Crippen LogP contribution in [0.15, 0.2) is 5.51 Å². The van der Waals surface area contributed by atoms with Crippen molar-refractivity contribution >= 4 is 11.3 Å². The Balaban J connectivity index is 1.95. The summed E-state index contributed by atoms with van der Waals surface area (Å²) < 4.78 is 0. The largest absolute Gasteiger partial charge is 0.309 e. The number of hydrogen-bond acceptors (Lipinski definition) is 3. The van der Waals surface area contributed by atoms with Gasteiger partial charge in [-0.25, -0.2) is 4.98 Å². The van der Waals surface area contributed by atoms with E-state index in [9.17, 15) is 0 Å². The Hall–Kier alpha value is -0.410. The normalized spacial score (nSPS) is 12.8. The van der Waals surface area contributed by atoms with E-state index in [-0.39, 0.29) is 0 Å². The van der Waals surface area contributed by atoms with Gasteiger partial charge in [-0.3, -0.25) is 0 Å². The Morgan fingerprint density at radius 3 is 2.32 bits per heavy atom. The molecule has 3 heteroatoms. The number of hydrogen-bond donors (Lipinski definition) is 1. The third-order valence-electron chi connectivity index (χ3n) is 3.66. The van der Waals surface area contributed by atoms with E-state index in [2.05, 4.69) is 31.1 Å². The summed E-state index contributed by atoms with van der Waals surface area (Å²) in [5.41, 5.74) is 3.13. The standard InChI is InChI=1S/C16H30N2S/c1-4-5-6-7-8-9-10-11-12-17-14(2)16-15(3)18-13-19-16/h13-14,17H,4-12H2,1-3H3. The molecule has 110 valence electrons. The van der Waals surface area contributed by atoms with E-state index in [1.54, 1.807) is 11.3 Å². The van der Waals surface area contributed by atoms with Gasteiger partial charge in [-0.1, -0.05) is 51.9 Å². The first-order valence-electron chi connectivity index (χ1n) is 7.89. The van der Waals surface area contributed by atoms with Crippen molar-refractivity contribution < 1.29 is 0 Å². The van der Waals surface area contributed by atoms with Crippen LogP contribution < -0.4 is 5.32 Å². The molecule has 0 spiro atoms. The molecule has 0 bridgehead atoms. The fraction of sp³-hybridized carbons (Fsp3) is 0.812. The molecule has 1 heterocycles. The Bertz CT molecular complexity index is 322. The zero-order valence-electron chi connectivity index (χ0n) is 12.9. The molecule has 0 amide bonds.